The van der Waals surface area contributed by atoms with Gasteiger partial charge in [-0.15, -0.1) is 0 Å². The number of benzene rings is 1. The van der Waals surface area contributed by atoms with Gasteiger partial charge in [-0.25, -0.2) is 0 Å². The Balaban J connectivity index is 0.995. The summed E-state index contributed by atoms with van der Waals surface area (Å²) in [5.41, 5.74) is 2.22. The number of likely N-dealkylation sites (tertiary alicyclic amines) is 2. The van der Waals surface area contributed by atoms with Gasteiger partial charge in [-0.2, -0.15) is 18.3 Å². The number of aromatic nitrogens is 2. The Morgan fingerprint density at radius 1 is 1.00 bits per heavy atom. The summed E-state index contributed by atoms with van der Waals surface area (Å²) in [5, 5.41) is 19.2. The van der Waals surface area contributed by atoms with E-state index in [4.69, 9.17) is 0 Å². The molecule has 7 nitrogen and oxygen atoms in total. The highest BCUT2D eigenvalue weighted by Gasteiger charge is 2.72. The van der Waals surface area contributed by atoms with E-state index in [0.29, 0.717) is 18.4 Å². The Hall–Kier alpha value is -2.46. The van der Waals surface area contributed by atoms with E-state index in [0.717, 1.165) is 57.3 Å². The molecule has 222 valence electrons. The second kappa shape index (κ2) is 10.1. The van der Waals surface area contributed by atoms with Gasteiger partial charge in [0.15, 0.2) is 0 Å². The topological polar surface area (TPSA) is 89.5 Å². The smallest absolute Gasteiger partial charge is 0.392 e. The fraction of sp³-hybridized carbons (Fsp3) is 0.710. The van der Waals surface area contributed by atoms with Crippen LogP contribution in [0, 0.1) is 47.3 Å². The second-order valence-corrected chi connectivity index (χ2v) is 13.5. The summed E-state index contributed by atoms with van der Waals surface area (Å²) in [6.07, 6.45) is -0.335. The first-order valence-electron chi connectivity index (χ1n) is 15.4. The first-order valence-corrected chi connectivity index (χ1v) is 15.4. The molecular formula is C31H39F3N4O3. The molecule has 10 heteroatoms. The van der Waals surface area contributed by atoms with Crippen molar-refractivity contribution in [2.45, 2.75) is 63.6 Å². The summed E-state index contributed by atoms with van der Waals surface area (Å²) in [6.45, 7) is 4.60. The number of alkyl halides is 3. The number of amides is 2. The van der Waals surface area contributed by atoms with Gasteiger partial charge in [0, 0.05) is 30.1 Å². The van der Waals surface area contributed by atoms with E-state index >= 15 is 0 Å². The first kappa shape index (κ1) is 27.4. The van der Waals surface area contributed by atoms with Gasteiger partial charge in [-0.3, -0.25) is 19.6 Å². The van der Waals surface area contributed by atoms with Gasteiger partial charge >= 0.3 is 6.18 Å². The number of H-pyrrole nitrogens is 1. The highest BCUT2D eigenvalue weighted by Crippen LogP contribution is 2.65. The van der Waals surface area contributed by atoms with Crippen LogP contribution < -0.4 is 0 Å². The number of fused-ring (bicyclic) bond motifs is 6. The fourth-order valence-electron chi connectivity index (χ4n) is 9.75. The third-order valence-electron chi connectivity index (χ3n) is 11.5. The molecule has 0 radical (unpaired) electrons. The number of hydrogen-bond acceptors (Lipinski definition) is 5. The van der Waals surface area contributed by atoms with E-state index in [2.05, 4.69) is 21.2 Å². The molecule has 5 aliphatic rings. The van der Waals surface area contributed by atoms with Crippen LogP contribution in [0.15, 0.2) is 24.3 Å². The summed E-state index contributed by atoms with van der Waals surface area (Å²) in [4.78, 5) is 30.9. The number of aliphatic hydroxyl groups is 1. The molecule has 7 unspecified atom stereocenters. The van der Waals surface area contributed by atoms with E-state index in [-0.39, 0.29) is 18.2 Å². The Bertz CT molecular complexity index is 1320. The molecule has 2 amide bonds. The van der Waals surface area contributed by atoms with Gasteiger partial charge in [0.25, 0.3) is 0 Å². The van der Waals surface area contributed by atoms with Crippen LogP contribution in [0.25, 0.3) is 10.9 Å². The summed E-state index contributed by atoms with van der Waals surface area (Å²) in [6, 6.07) is 8.19. The summed E-state index contributed by atoms with van der Waals surface area (Å²) >= 11 is 0. The normalized spacial score (nSPS) is 37.0. The van der Waals surface area contributed by atoms with Gasteiger partial charge in [-0.05, 0) is 87.8 Å². The van der Waals surface area contributed by atoms with Crippen LogP contribution in [0.4, 0.5) is 13.2 Å². The van der Waals surface area contributed by atoms with E-state index in [1.165, 1.54) is 22.9 Å². The van der Waals surface area contributed by atoms with Gasteiger partial charge in [0.1, 0.15) is 0 Å². The molecule has 1 aromatic carbocycles. The number of carbonyl (C=O) groups excluding carboxylic acids is 2. The number of imide groups is 1. The Labute approximate surface area is 237 Å². The van der Waals surface area contributed by atoms with Crippen LogP contribution in [-0.4, -0.2) is 75.4 Å². The number of aromatic amines is 1. The molecule has 0 spiro atoms. The zero-order valence-corrected chi connectivity index (χ0v) is 23.4. The van der Waals surface area contributed by atoms with Gasteiger partial charge < -0.3 is 10.0 Å². The van der Waals surface area contributed by atoms with Crippen molar-refractivity contribution in [2.75, 3.05) is 26.2 Å². The number of carbonyl (C=O) groups is 2. The van der Waals surface area contributed by atoms with Crippen molar-refractivity contribution < 1.29 is 27.9 Å². The molecule has 3 saturated carbocycles. The maximum absolute atomic E-state index is 14.1. The van der Waals surface area contributed by atoms with Crippen molar-refractivity contribution in [3.8, 4) is 0 Å². The van der Waals surface area contributed by atoms with Crippen LogP contribution in [-0.2, 0) is 9.59 Å². The third kappa shape index (κ3) is 4.42. The number of nitrogens with one attached hydrogen (secondary N) is 1. The molecule has 2 aliphatic heterocycles. The lowest BCUT2D eigenvalue weighted by Gasteiger charge is -2.38. The molecule has 5 fully saturated rings. The maximum Gasteiger partial charge on any atom is 0.392 e. The van der Waals surface area contributed by atoms with Gasteiger partial charge in [0.2, 0.25) is 11.8 Å². The fourth-order valence-corrected chi connectivity index (χ4v) is 9.75. The summed E-state index contributed by atoms with van der Waals surface area (Å²) < 4.78 is 42.2. The predicted octanol–water partition coefficient (Wildman–Crippen LogP) is 4.59. The van der Waals surface area contributed by atoms with Gasteiger partial charge in [0.05, 0.1) is 29.4 Å². The second-order valence-electron chi connectivity index (χ2n) is 13.5. The van der Waals surface area contributed by atoms with Crippen molar-refractivity contribution in [3.63, 3.8) is 0 Å². The highest BCUT2D eigenvalue weighted by molar-refractivity contribution is 6.06. The molecule has 41 heavy (non-hydrogen) atoms. The molecule has 3 heterocycles. The van der Waals surface area contributed by atoms with Crippen molar-refractivity contribution in [1.82, 2.24) is 20.0 Å². The Morgan fingerprint density at radius 2 is 1.66 bits per heavy atom. The molecule has 2 aromatic rings. The average Bonchev–Trinajstić information content (AvgIpc) is 3.75. The standard InChI is InChI=1S/C31H39F3N4O3/c1-16(39)24-21-13-22(27(24)31(32,33)34)26-25(21)29(40)38(30(26)41)15-19-6-4-5-18(19)14-37-11-9-17(10-12-37)28-20-7-2-3-8-23(20)35-36-28/h2-3,7-8,16-19,21-22,24-27,39H,4-6,9-15H2,1H3,(H,35,36)/t16?,18-,19-,21?,22?,24?,25?,26?,27?/m1/s1. The van der Waals surface area contributed by atoms with Crippen LogP contribution >= 0.6 is 0 Å². The van der Waals surface area contributed by atoms with Crippen molar-refractivity contribution in [1.29, 1.82) is 0 Å². The molecule has 2 bridgehead atoms. The van der Waals surface area contributed by atoms with E-state index in [1.54, 1.807) is 0 Å². The van der Waals surface area contributed by atoms with Crippen LogP contribution in [0.2, 0.25) is 0 Å². The molecule has 1 aromatic heterocycles. The zero-order chi connectivity index (χ0) is 28.6. The summed E-state index contributed by atoms with van der Waals surface area (Å²) in [5.74, 6) is -5.50. The van der Waals surface area contributed by atoms with Gasteiger partial charge in [-0.1, -0.05) is 24.6 Å². The average molecular weight is 573 g/mol. The molecule has 9 atom stereocenters. The van der Waals surface area contributed by atoms with Crippen LogP contribution in [0.5, 0.6) is 0 Å². The number of rotatable bonds is 6. The number of para-hydroxylation sites is 1. The summed E-state index contributed by atoms with van der Waals surface area (Å²) in [7, 11) is 0. The third-order valence-corrected chi connectivity index (χ3v) is 11.5. The number of piperidine rings is 1. The molecule has 2 N–H and O–H groups in total. The first-order chi connectivity index (χ1) is 19.6. The lowest BCUT2D eigenvalue weighted by molar-refractivity contribution is -0.217. The van der Waals surface area contributed by atoms with Crippen molar-refractivity contribution in [3.05, 3.63) is 30.0 Å². The minimum absolute atomic E-state index is 0.180. The number of nitrogens with zero attached hydrogens (tertiary/aromatic N) is 3. The Morgan fingerprint density at radius 3 is 2.34 bits per heavy atom. The lowest BCUT2D eigenvalue weighted by Crippen LogP contribution is -2.46. The minimum atomic E-state index is -4.49. The maximum atomic E-state index is 14.1. The number of aliphatic hydroxyl groups excluding tert-OH is 1. The zero-order valence-electron chi connectivity index (χ0n) is 23.4. The number of hydrogen-bond donors (Lipinski definition) is 2. The largest absolute Gasteiger partial charge is 0.393 e. The highest BCUT2D eigenvalue weighted by atomic mass is 19.4. The Kier molecular flexibility index (Phi) is 6.73. The SMILES string of the molecule is CC(O)C1C2CC(C3C(=O)N(C[C@H]4CCC[C@@H]4CN4CCC(c5[nH]nc6ccccc56)CC4)C(=O)C23)C1C(F)(F)F. The molecular weight excluding hydrogens is 533 g/mol. The number of halogens is 3. The van der Waals surface area contributed by atoms with Crippen LogP contribution in [0.3, 0.4) is 0 Å². The minimum Gasteiger partial charge on any atom is -0.393 e. The monoisotopic (exact) mass is 572 g/mol. The lowest BCUT2D eigenvalue weighted by atomic mass is 9.67. The van der Waals surface area contributed by atoms with E-state index < -0.39 is 53.7 Å². The van der Waals surface area contributed by atoms with Crippen LogP contribution in [0.1, 0.15) is 57.1 Å². The van der Waals surface area contributed by atoms with Crippen molar-refractivity contribution in [2.24, 2.45) is 47.3 Å². The molecule has 2 saturated heterocycles. The molecule has 7 rings (SSSR count). The van der Waals surface area contributed by atoms with E-state index in [1.807, 2.05) is 18.2 Å². The predicted molar refractivity (Wildman–Crippen MR) is 145 cm³/mol. The van der Waals surface area contributed by atoms with Crippen molar-refractivity contribution >= 4 is 22.7 Å². The molecule has 3 aliphatic carbocycles. The van der Waals surface area contributed by atoms with E-state index in [9.17, 15) is 27.9 Å². The quantitative estimate of drug-likeness (QED) is 0.495.